The van der Waals surface area contributed by atoms with Gasteiger partial charge in [-0.1, -0.05) is 47.6 Å². The van der Waals surface area contributed by atoms with Crippen LogP contribution in [-0.4, -0.2) is 11.8 Å². The molecule has 1 aliphatic carbocycles. The van der Waals surface area contributed by atoms with Crippen LogP contribution in [0, 0.1) is 0 Å². The first-order chi connectivity index (χ1) is 5.93. The highest BCUT2D eigenvalue weighted by Gasteiger charge is 2.12. The van der Waals surface area contributed by atoms with Crippen molar-refractivity contribution in [2.24, 2.45) is 0 Å². The summed E-state index contributed by atoms with van der Waals surface area (Å²) in [4.78, 5) is 0. The normalized spacial score (nSPS) is 20.8. The molecule has 0 N–H and O–H groups in total. The van der Waals surface area contributed by atoms with Crippen LogP contribution in [0.25, 0.3) is 0 Å². The molecular weight excluding hydrogens is 163 g/mol. The van der Waals surface area contributed by atoms with Gasteiger partial charge in [0, 0.05) is 0 Å². The zero-order valence-corrected chi connectivity index (χ0v) is 9.28. The number of hydrogen-bond acceptors (Lipinski definition) is 0. The second-order valence-electron chi connectivity index (χ2n) is 3.91. The molecule has 0 unspecified atom stereocenters. The Balaban J connectivity index is 1.91. The molecule has 0 spiro atoms. The molecule has 0 bridgehead atoms. The van der Waals surface area contributed by atoms with Gasteiger partial charge in [0.25, 0.3) is 0 Å². The molecule has 0 heterocycles. The molecule has 0 amide bonds. The fraction of sp³-hybridized carbons (Fsp3) is 1.00. The SMILES string of the molecule is CCCCC[P]C1CCCCC1. The fourth-order valence-corrected chi connectivity index (χ4v) is 3.40. The summed E-state index contributed by atoms with van der Waals surface area (Å²) in [7, 11) is 1.76. The molecule has 0 aliphatic heterocycles. The van der Waals surface area contributed by atoms with Gasteiger partial charge in [0.2, 0.25) is 0 Å². The summed E-state index contributed by atoms with van der Waals surface area (Å²) in [6, 6.07) is 0. The van der Waals surface area contributed by atoms with E-state index >= 15 is 0 Å². The van der Waals surface area contributed by atoms with E-state index in [4.69, 9.17) is 0 Å². The Labute approximate surface area is 79.3 Å². The lowest BCUT2D eigenvalue weighted by Gasteiger charge is -2.20. The van der Waals surface area contributed by atoms with E-state index in [0.29, 0.717) is 0 Å². The Kier molecular flexibility index (Phi) is 6.04. The van der Waals surface area contributed by atoms with E-state index in [1.54, 1.807) is 8.58 Å². The van der Waals surface area contributed by atoms with Crippen LogP contribution in [0.15, 0.2) is 0 Å². The molecule has 0 aromatic heterocycles. The average molecular weight is 185 g/mol. The highest BCUT2D eigenvalue weighted by atomic mass is 31.1. The maximum Gasteiger partial charge on any atom is -0.0170 e. The van der Waals surface area contributed by atoms with Crippen molar-refractivity contribution >= 4 is 8.58 Å². The van der Waals surface area contributed by atoms with Crippen LogP contribution >= 0.6 is 8.58 Å². The molecule has 0 aromatic rings. The van der Waals surface area contributed by atoms with Crippen LogP contribution in [0.2, 0.25) is 0 Å². The highest BCUT2D eigenvalue weighted by Crippen LogP contribution is 2.33. The number of hydrogen-bond donors (Lipinski definition) is 0. The summed E-state index contributed by atoms with van der Waals surface area (Å²) in [5, 5.41) is 0. The second kappa shape index (κ2) is 6.89. The predicted molar refractivity (Wildman–Crippen MR) is 58.2 cm³/mol. The molecule has 12 heavy (non-hydrogen) atoms. The molecule has 1 aliphatic rings. The van der Waals surface area contributed by atoms with E-state index in [2.05, 4.69) is 6.92 Å². The average Bonchev–Trinajstić information content (AvgIpc) is 2.14. The van der Waals surface area contributed by atoms with Crippen LogP contribution in [0.1, 0.15) is 58.3 Å². The summed E-state index contributed by atoms with van der Waals surface area (Å²) >= 11 is 0. The Hall–Kier alpha value is 0.430. The lowest BCUT2D eigenvalue weighted by molar-refractivity contribution is 0.513. The maximum absolute atomic E-state index is 2.29. The largest absolute Gasteiger partial charge is 0.0775 e. The van der Waals surface area contributed by atoms with Gasteiger partial charge in [0.15, 0.2) is 0 Å². The highest BCUT2D eigenvalue weighted by molar-refractivity contribution is 7.38. The molecular formula is C11H22P. The van der Waals surface area contributed by atoms with E-state index < -0.39 is 0 Å². The van der Waals surface area contributed by atoms with Crippen LogP contribution in [-0.2, 0) is 0 Å². The molecule has 1 fully saturated rings. The Bertz CT molecular complexity index is 95.2. The minimum Gasteiger partial charge on any atom is -0.0775 e. The van der Waals surface area contributed by atoms with Crippen LogP contribution in [0.3, 0.4) is 0 Å². The molecule has 71 valence electrons. The minimum atomic E-state index is 1.08. The van der Waals surface area contributed by atoms with Crippen LogP contribution < -0.4 is 0 Å². The summed E-state index contributed by atoms with van der Waals surface area (Å²) in [6.45, 7) is 2.29. The third-order valence-corrected chi connectivity index (χ3v) is 4.33. The zero-order valence-electron chi connectivity index (χ0n) is 8.39. The van der Waals surface area contributed by atoms with Gasteiger partial charge in [0.1, 0.15) is 0 Å². The van der Waals surface area contributed by atoms with Crippen LogP contribution in [0.5, 0.6) is 0 Å². The maximum atomic E-state index is 2.29. The van der Waals surface area contributed by atoms with Crippen molar-refractivity contribution in [1.29, 1.82) is 0 Å². The second-order valence-corrected chi connectivity index (χ2v) is 5.45. The first-order valence-electron chi connectivity index (χ1n) is 5.60. The predicted octanol–water partition coefficient (Wildman–Crippen LogP) is 4.46. The standard InChI is InChI=1S/C11H22P/c1-2-3-7-10-12-11-8-5-4-6-9-11/h11H,2-10H2,1H3. The van der Waals surface area contributed by atoms with Gasteiger partial charge in [-0.25, -0.2) is 0 Å². The third-order valence-electron chi connectivity index (χ3n) is 2.72. The van der Waals surface area contributed by atoms with Gasteiger partial charge in [-0.05, 0) is 31.1 Å². The lowest BCUT2D eigenvalue weighted by Crippen LogP contribution is -2.06. The van der Waals surface area contributed by atoms with Crippen molar-refractivity contribution < 1.29 is 0 Å². The van der Waals surface area contributed by atoms with Gasteiger partial charge in [-0.15, -0.1) is 0 Å². The topological polar surface area (TPSA) is 0 Å². The van der Waals surface area contributed by atoms with Crippen molar-refractivity contribution in [3.8, 4) is 0 Å². The molecule has 0 saturated heterocycles. The molecule has 0 aromatic carbocycles. The Morgan fingerprint density at radius 1 is 1.08 bits per heavy atom. The van der Waals surface area contributed by atoms with Gasteiger partial charge in [-0.3, -0.25) is 0 Å². The quantitative estimate of drug-likeness (QED) is 0.438. The van der Waals surface area contributed by atoms with Crippen molar-refractivity contribution in [2.75, 3.05) is 6.16 Å². The Morgan fingerprint density at radius 3 is 2.50 bits per heavy atom. The van der Waals surface area contributed by atoms with Crippen molar-refractivity contribution in [3.05, 3.63) is 0 Å². The Morgan fingerprint density at radius 2 is 1.83 bits per heavy atom. The van der Waals surface area contributed by atoms with Crippen molar-refractivity contribution in [1.82, 2.24) is 0 Å². The van der Waals surface area contributed by atoms with Crippen molar-refractivity contribution in [3.63, 3.8) is 0 Å². The van der Waals surface area contributed by atoms with Gasteiger partial charge >= 0.3 is 0 Å². The summed E-state index contributed by atoms with van der Waals surface area (Å²) in [5.74, 6) is 0. The third kappa shape index (κ3) is 4.45. The van der Waals surface area contributed by atoms with Gasteiger partial charge < -0.3 is 0 Å². The summed E-state index contributed by atoms with van der Waals surface area (Å²) in [6.07, 6.45) is 13.3. The first kappa shape index (κ1) is 10.5. The lowest BCUT2D eigenvalue weighted by atomic mass is 10.0. The van der Waals surface area contributed by atoms with E-state index in [-0.39, 0.29) is 0 Å². The van der Waals surface area contributed by atoms with Crippen LogP contribution in [0.4, 0.5) is 0 Å². The fourth-order valence-electron chi connectivity index (χ4n) is 1.90. The molecule has 0 nitrogen and oxygen atoms in total. The smallest absolute Gasteiger partial charge is 0.0170 e. The molecule has 1 saturated carbocycles. The van der Waals surface area contributed by atoms with E-state index in [0.717, 1.165) is 5.66 Å². The summed E-state index contributed by atoms with van der Waals surface area (Å²) in [5.41, 5.74) is 1.08. The van der Waals surface area contributed by atoms with Gasteiger partial charge in [-0.2, -0.15) is 0 Å². The molecule has 1 rings (SSSR count). The summed E-state index contributed by atoms with van der Waals surface area (Å²) < 4.78 is 0. The number of unbranched alkanes of at least 4 members (excludes halogenated alkanes) is 2. The van der Waals surface area contributed by atoms with Crippen molar-refractivity contribution in [2.45, 2.75) is 63.9 Å². The number of rotatable bonds is 5. The first-order valence-corrected chi connectivity index (χ1v) is 6.75. The van der Waals surface area contributed by atoms with E-state index in [1.807, 2.05) is 0 Å². The zero-order chi connectivity index (χ0) is 8.65. The van der Waals surface area contributed by atoms with E-state index in [1.165, 1.54) is 57.5 Å². The molecule has 1 heteroatoms. The molecule has 1 radical (unpaired) electrons. The van der Waals surface area contributed by atoms with E-state index in [9.17, 15) is 0 Å². The monoisotopic (exact) mass is 185 g/mol. The minimum absolute atomic E-state index is 1.08. The van der Waals surface area contributed by atoms with Gasteiger partial charge in [0.05, 0.1) is 0 Å². The molecule has 0 atom stereocenters.